The van der Waals surface area contributed by atoms with Crippen molar-refractivity contribution in [2.24, 2.45) is 5.92 Å². The molecule has 1 saturated heterocycles. The van der Waals surface area contributed by atoms with E-state index in [-0.39, 0.29) is 10.8 Å². The number of likely N-dealkylation sites (tertiary alicyclic amines) is 1. The van der Waals surface area contributed by atoms with Gasteiger partial charge in [-0.2, -0.15) is 0 Å². The Morgan fingerprint density at radius 2 is 2.06 bits per heavy atom. The van der Waals surface area contributed by atoms with Crippen molar-refractivity contribution in [1.29, 1.82) is 0 Å². The van der Waals surface area contributed by atoms with Gasteiger partial charge in [0.1, 0.15) is 0 Å². The van der Waals surface area contributed by atoms with Crippen molar-refractivity contribution >= 4 is 0 Å². The molecule has 1 aliphatic heterocycles. The molecule has 0 spiro atoms. The third kappa shape index (κ3) is 2.39. The van der Waals surface area contributed by atoms with E-state index in [0.29, 0.717) is 6.54 Å². The van der Waals surface area contributed by atoms with Crippen LogP contribution in [0.4, 0.5) is 0 Å². The number of hydrogen-bond acceptors (Lipinski definition) is 3. The van der Waals surface area contributed by atoms with E-state index in [9.17, 15) is 10.1 Å². The zero-order chi connectivity index (χ0) is 11.5. The fourth-order valence-electron chi connectivity index (χ4n) is 2.29. The molecule has 2 atom stereocenters. The van der Waals surface area contributed by atoms with Gasteiger partial charge in [0.05, 0.1) is 6.54 Å². The molecule has 1 fully saturated rings. The van der Waals surface area contributed by atoms with E-state index in [0.717, 1.165) is 13.1 Å². The molecule has 0 amide bonds. The van der Waals surface area contributed by atoms with E-state index in [1.165, 1.54) is 5.56 Å². The first-order chi connectivity index (χ1) is 7.66. The standard InChI is InChI=1S/C12H16N2O2/c1-10-7-13(9-12(10)14(15)16)8-11-5-3-2-4-6-11/h2-6,10,12H,7-9H2,1H3. The van der Waals surface area contributed by atoms with E-state index in [1.807, 2.05) is 25.1 Å². The first kappa shape index (κ1) is 11.1. The monoisotopic (exact) mass is 220 g/mol. The molecule has 2 rings (SSSR count). The van der Waals surface area contributed by atoms with Gasteiger partial charge in [0.2, 0.25) is 6.04 Å². The quantitative estimate of drug-likeness (QED) is 0.576. The zero-order valence-electron chi connectivity index (χ0n) is 9.37. The van der Waals surface area contributed by atoms with Gasteiger partial charge in [0.15, 0.2) is 0 Å². The largest absolute Gasteiger partial charge is 0.292 e. The van der Waals surface area contributed by atoms with Crippen molar-refractivity contribution in [1.82, 2.24) is 4.90 Å². The molecule has 1 aliphatic rings. The molecule has 0 radical (unpaired) electrons. The van der Waals surface area contributed by atoms with E-state index >= 15 is 0 Å². The Kier molecular flexibility index (Phi) is 3.19. The number of nitrogens with zero attached hydrogens (tertiary/aromatic N) is 2. The molecule has 0 bridgehead atoms. The molecule has 1 aromatic carbocycles. The topological polar surface area (TPSA) is 46.4 Å². The fraction of sp³-hybridized carbons (Fsp3) is 0.500. The fourth-order valence-corrected chi connectivity index (χ4v) is 2.29. The molecular weight excluding hydrogens is 204 g/mol. The van der Waals surface area contributed by atoms with Gasteiger partial charge in [-0.3, -0.25) is 15.0 Å². The SMILES string of the molecule is CC1CN(Cc2ccccc2)CC1[N+](=O)[O-]. The molecule has 0 N–H and O–H groups in total. The maximum Gasteiger partial charge on any atom is 0.229 e. The van der Waals surface area contributed by atoms with Crippen LogP contribution >= 0.6 is 0 Å². The van der Waals surface area contributed by atoms with Crippen LogP contribution in [0.5, 0.6) is 0 Å². The minimum atomic E-state index is -0.399. The lowest BCUT2D eigenvalue weighted by molar-refractivity contribution is -0.525. The van der Waals surface area contributed by atoms with Crippen LogP contribution in [0.25, 0.3) is 0 Å². The van der Waals surface area contributed by atoms with Crippen LogP contribution in [-0.4, -0.2) is 29.0 Å². The third-order valence-corrected chi connectivity index (χ3v) is 3.17. The highest BCUT2D eigenvalue weighted by Crippen LogP contribution is 2.20. The Hall–Kier alpha value is -1.42. The van der Waals surface area contributed by atoms with Gasteiger partial charge in [0, 0.05) is 23.9 Å². The van der Waals surface area contributed by atoms with Gasteiger partial charge in [-0.1, -0.05) is 37.3 Å². The van der Waals surface area contributed by atoms with Crippen molar-refractivity contribution < 1.29 is 4.92 Å². The molecule has 2 unspecified atom stereocenters. The Labute approximate surface area is 95.0 Å². The number of hydrogen-bond donors (Lipinski definition) is 0. The van der Waals surface area contributed by atoms with Crippen molar-refractivity contribution in [2.45, 2.75) is 19.5 Å². The summed E-state index contributed by atoms with van der Waals surface area (Å²) in [6, 6.07) is 9.70. The summed E-state index contributed by atoms with van der Waals surface area (Å²) in [6.07, 6.45) is 0. The molecule has 0 aromatic heterocycles. The minimum Gasteiger partial charge on any atom is -0.292 e. The maximum atomic E-state index is 10.8. The normalized spacial score (nSPS) is 25.8. The predicted molar refractivity (Wildman–Crippen MR) is 61.7 cm³/mol. The summed E-state index contributed by atoms with van der Waals surface area (Å²) in [6.45, 7) is 4.16. The van der Waals surface area contributed by atoms with Gasteiger partial charge in [-0.25, -0.2) is 0 Å². The first-order valence-corrected chi connectivity index (χ1v) is 5.56. The van der Waals surface area contributed by atoms with Crippen molar-refractivity contribution in [3.8, 4) is 0 Å². The molecule has 0 aliphatic carbocycles. The average Bonchev–Trinajstić information content (AvgIpc) is 2.61. The van der Waals surface area contributed by atoms with Gasteiger partial charge in [-0.05, 0) is 5.56 Å². The van der Waals surface area contributed by atoms with Crippen LogP contribution in [-0.2, 0) is 6.54 Å². The van der Waals surface area contributed by atoms with Crippen LogP contribution < -0.4 is 0 Å². The van der Waals surface area contributed by atoms with Gasteiger partial charge < -0.3 is 0 Å². The van der Waals surface area contributed by atoms with Crippen molar-refractivity contribution in [3.05, 3.63) is 46.0 Å². The van der Waals surface area contributed by atoms with Gasteiger partial charge in [0.25, 0.3) is 0 Å². The van der Waals surface area contributed by atoms with Crippen LogP contribution in [0.1, 0.15) is 12.5 Å². The van der Waals surface area contributed by atoms with E-state index in [2.05, 4.69) is 17.0 Å². The minimum absolute atomic E-state index is 0.143. The zero-order valence-corrected chi connectivity index (χ0v) is 9.37. The summed E-state index contributed by atoms with van der Waals surface area (Å²) in [4.78, 5) is 12.8. The lowest BCUT2D eigenvalue weighted by Gasteiger charge is -2.13. The van der Waals surface area contributed by atoms with Gasteiger partial charge >= 0.3 is 0 Å². The van der Waals surface area contributed by atoms with Gasteiger partial charge in [-0.15, -0.1) is 0 Å². The van der Waals surface area contributed by atoms with E-state index in [4.69, 9.17) is 0 Å². The third-order valence-electron chi connectivity index (χ3n) is 3.17. The highest BCUT2D eigenvalue weighted by molar-refractivity contribution is 5.14. The predicted octanol–water partition coefficient (Wildman–Crippen LogP) is 1.78. The Balaban J connectivity index is 1.96. The molecule has 0 saturated carbocycles. The molecule has 4 heteroatoms. The smallest absolute Gasteiger partial charge is 0.229 e. The highest BCUT2D eigenvalue weighted by Gasteiger charge is 2.37. The Bertz CT molecular complexity index is 367. The second kappa shape index (κ2) is 4.61. The molecular formula is C12H16N2O2. The average molecular weight is 220 g/mol. The number of nitro groups is 1. The molecule has 1 heterocycles. The summed E-state index contributed by atoms with van der Waals surface area (Å²) in [5.74, 6) is 0.152. The van der Waals surface area contributed by atoms with Crippen molar-refractivity contribution in [2.75, 3.05) is 13.1 Å². The molecule has 1 aromatic rings. The first-order valence-electron chi connectivity index (χ1n) is 5.56. The summed E-state index contributed by atoms with van der Waals surface area (Å²) in [5, 5.41) is 10.8. The van der Waals surface area contributed by atoms with Crippen molar-refractivity contribution in [3.63, 3.8) is 0 Å². The van der Waals surface area contributed by atoms with Crippen LogP contribution in [0.3, 0.4) is 0 Å². The lowest BCUT2D eigenvalue weighted by Crippen LogP contribution is -2.27. The Morgan fingerprint density at radius 1 is 1.38 bits per heavy atom. The van der Waals surface area contributed by atoms with Crippen LogP contribution in [0, 0.1) is 16.0 Å². The summed E-state index contributed by atoms with van der Waals surface area (Å²) >= 11 is 0. The van der Waals surface area contributed by atoms with E-state index < -0.39 is 6.04 Å². The number of rotatable bonds is 3. The summed E-state index contributed by atoms with van der Waals surface area (Å²) in [5.41, 5.74) is 1.22. The number of benzene rings is 1. The second-order valence-corrected chi connectivity index (χ2v) is 4.51. The second-order valence-electron chi connectivity index (χ2n) is 4.51. The lowest BCUT2D eigenvalue weighted by atomic mass is 10.1. The summed E-state index contributed by atoms with van der Waals surface area (Å²) < 4.78 is 0. The summed E-state index contributed by atoms with van der Waals surface area (Å²) in [7, 11) is 0. The Morgan fingerprint density at radius 3 is 2.62 bits per heavy atom. The maximum absolute atomic E-state index is 10.8. The molecule has 16 heavy (non-hydrogen) atoms. The van der Waals surface area contributed by atoms with Crippen LogP contribution in [0.2, 0.25) is 0 Å². The molecule has 86 valence electrons. The van der Waals surface area contributed by atoms with Crippen LogP contribution in [0.15, 0.2) is 30.3 Å². The highest BCUT2D eigenvalue weighted by atomic mass is 16.6. The molecule has 4 nitrogen and oxygen atoms in total. The van der Waals surface area contributed by atoms with E-state index in [1.54, 1.807) is 0 Å².